The van der Waals surface area contributed by atoms with E-state index >= 15 is 0 Å². The van der Waals surface area contributed by atoms with Crippen molar-refractivity contribution in [1.82, 2.24) is 9.80 Å². The minimum Gasteiger partial charge on any atom is -0.371 e. The summed E-state index contributed by atoms with van der Waals surface area (Å²) in [6, 6.07) is 6.44. The molecule has 6 heteroatoms. The Morgan fingerprint density at radius 2 is 1.52 bits per heavy atom. The van der Waals surface area contributed by atoms with Gasteiger partial charge in [-0.1, -0.05) is 12.1 Å². The molecular weight excluding hydrogens is 303 g/mol. The van der Waals surface area contributed by atoms with Crippen molar-refractivity contribution in [2.45, 2.75) is 25.1 Å². The Bertz CT molecular complexity index is 516. The number of para-hydroxylation sites is 1. The number of benzene rings is 1. The summed E-state index contributed by atoms with van der Waals surface area (Å²) < 4.78 is 39.5. The number of alkyl halides is 3. The van der Waals surface area contributed by atoms with Crippen molar-refractivity contribution in [2.75, 3.05) is 51.2 Å². The van der Waals surface area contributed by atoms with Crippen LogP contribution in [-0.4, -0.2) is 62.2 Å². The molecule has 2 fully saturated rings. The van der Waals surface area contributed by atoms with E-state index in [2.05, 4.69) is 16.8 Å². The van der Waals surface area contributed by atoms with Crippen LogP contribution in [0.1, 0.15) is 18.4 Å². The van der Waals surface area contributed by atoms with E-state index in [9.17, 15) is 13.2 Å². The normalized spacial score (nSPS) is 22.5. The van der Waals surface area contributed by atoms with E-state index in [0.717, 1.165) is 39.0 Å². The maximum absolute atomic E-state index is 13.2. The fraction of sp³-hybridized carbons (Fsp3) is 0.647. The number of rotatable bonds is 2. The third kappa shape index (κ3) is 3.80. The monoisotopic (exact) mass is 327 g/mol. The molecule has 0 aromatic heterocycles. The third-order valence-electron chi connectivity index (χ3n) is 5.07. The molecule has 0 N–H and O–H groups in total. The molecular formula is C17H24F3N3. The van der Waals surface area contributed by atoms with Gasteiger partial charge >= 0.3 is 6.18 Å². The van der Waals surface area contributed by atoms with Gasteiger partial charge in [-0.05, 0) is 32.0 Å². The Labute approximate surface area is 135 Å². The van der Waals surface area contributed by atoms with Gasteiger partial charge in [0.1, 0.15) is 0 Å². The van der Waals surface area contributed by atoms with Crippen LogP contribution < -0.4 is 4.90 Å². The lowest BCUT2D eigenvalue weighted by Gasteiger charge is -2.43. The molecule has 0 saturated carbocycles. The van der Waals surface area contributed by atoms with E-state index < -0.39 is 11.7 Å². The standard InChI is InChI=1S/C17H24F3N3/c1-21-10-12-22(13-11-21)14-6-8-23(9-7-14)16-5-3-2-4-15(16)17(18,19)20/h2-5,14H,6-13H2,1H3. The first-order chi connectivity index (χ1) is 10.9. The molecule has 128 valence electrons. The van der Waals surface area contributed by atoms with Gasteiger partial charge in [-0.3, -0.25) is 4.90 Å². The zero-order chi connectivity index (χ0) is 16.4. The van der Waals surface area contributed by atoms with Crippen LogP contribution in [0.5, 0.6) is 0 Å². The van der Waals surface area contributed by atoms with E-state index in [1.807, 2.05) is 4.90 Å². The van der Waals surface area contributed by atoms with E-state index in [1.165, 1.54) is 12.1 Å². The van der Waals surface area contributed by atoms with Crippen molar-refractivity contribution >= 4 is 5.69 Å². The zero-order valence-electron chi connectivity index (χ0n) is 13.5. The molecule has 3 nitrogen and oxygen atoms in total. The Morgan fingerprint density at radius 3 is 2.13 bits per heavy atom. The van der Waals surface area contributed by atoms with Crippen LogP contribution >= 0.6 is 0 Å². The van der Waals surface area contributed by atoms with Crippen molar-refractivity contribution in [2.24, 2.45) is 0 Å². The molecule has 0 aliphatic carbocycles. The first kappa shape index (κ1) is 16.6. The second kappa shape index (κ2) is 6.69. The van der Waals surface area contributed by atoms with E-state index in [-0.39, 0.29) is 0 Å². The Balaban J connectivity index is 1.63. The molecule has 2 aliphatic rings. The number of hydrogen-bond acceptors (Lipinski definition) is 3. The van der Waals surface area contributed by atoms with Crippen LogP contribution in [0.4, 0.5) is 18.9 Å². The first-order valence-corrected chi connectivity index (χ1v) is 8.29. The summed E-state index contributed by atoms with van der Waals surface area (Å²) in [6.45, 7) is 5.70. The van der Waals surface area contributed by atoms with E-state index in [4.69, 9.17) is 0 Å². The number of halogens is 3. The average molecular weight is 327 g/mol. The van der Waals surface area contributed by atoms with Gasteiger partial charge in [0.25, 0.3) is 0 Å². The highest BCUT2D eigenvalue weighted by Crippen LogP contribution is 2.37. The van der Waals surface area contributed by atoms with Gasteiger partial charge < -0.3 is 9.80 Å². The minimum atomic E-state index is -4.29. The van der Waals surface area contributed by atoms with Crippen molar-refractivity contribution in [3.05, 3.63) is 29.8 Å². The van der Waals surface area contributed by atoms with Crippen LogP contribution in [0.25, 0.3) is 0 Å². The lowest BCUT2D eigenvalue weighted by molar-refractivity contribution is -0.137. The summed E-state index contributed by atoms with van der Waals surface area (Å²) >= 11 is 0. The molecule has 0 radical (unpaired) electrons. The highest BCUT2D eigenvalue weighted by Gasteiger charge is 2.35. The van der Waals surface area contributed by atoms with Gasteiger partial charge in [-0.2, -0.15) is 13.2 Å². The largest absolute Gasteiger partial charge is 0.418 e. The van der Waals surface area contributed by atoms with Crippen molar-refractivity contribution in [1.29, 1.82) is 0 Å². The Hall–Kier alpha value is -1.27. The maximum Gasteiger partial charge on any atom is 0.418 e. The Kier molecular flexibility index (Phi) is 4.82. The van der Waals surface area contributed by atoms with Crippen LogP contribution in [0.15, 0.2) is 24.3 Å². The van der Waals surface area contributed by atoms with Crippen LogP contribution in [0, 0.1) is 0 Å². The number of hydrogen-bond donors (Lipinski definition) is 0. The topological polar surface area (TPSA) is 9.72 Å². The first-order valence-electron chi connectivity index (χ1n) is 8.29. The molecule has 23 heavy (non-hydrogen) atoms. The van der Waals surface area contributed by atoms with Crippen molar-refractivity contribution in [3.63, 3.8) is 0 Å². The second-order valence-corrected chi connectivity index (χ2v) is 6.57. The predicted molar refractivity (Wildman–Crippen MR) is 85.7 cm³/mol. The molecule has 0 unspecified atom stereocenters. The molecule has 0 spiro atoms. The molecule has 1 aromatic rings. The van der Waals surface area contributed by atoms with Gasteiger partial charge in [-0.25, -0.2) is 0 Å². The number of nitrogens with zero attached hydrogens (tertiary/aromatic N) is 3. The summed E-state index contributed by atoms with van der Waals surface area (Å²) in [5, 5.41) is 0. The van der Waals surface area contributed by atoms with E-state index in [1.54, 1.807) is 12.1 Å². The smallest absolute Gasteiger partial charge is 0.371 e. The average Bonchev–Trinajstić information content (AvgIpc) is 2.55. The third-order valence-corrected chi connectivity index (χ3v) is 5.07. The highest BCUT2D eigenvalue weighted by molar-refractivity contribution is 5.55. The number of piperidine rings is 1. The Morgan fingerprint density at radius 1 is 0.913 bits per heavy atom. The fourth-order valence-electron chi connectivity index (χ4n) is 3.65. The summed E-state index contributed by atoms with van der Waals surface area (Å²) in [4.78, 5) is 6.73. The lowest BCUT2D eigenvalue weighted by atomic mass is 10.0. The van der Waals surface area contributed by atoms with Crippen molar-refractivity contribution < 1.29 is 13.2 Å². The molecule has 0 amide bonds. The van der Waals surface area contributed by atoms with Gasteiger partial charge in [0.15, 0.2) is 0 Å². The molecule has 2 aliphatic heterocycles. The molecule has 2 heterocycles. The summed E-state index contributed by atoms with van der Waals surface area (Å²) in [7, 11) is 2.13. The van der Waals surface area contributed by atoms with Crippen LogP contribution in [0.2, 0.25) is 0 Å². The molecule has 0 atom stereocenters. The highest BCUT2D eigenvalue weighted by atomic mass is 19.4. The molecule has 0 bridgehead atoms. The van der Waals surface area contributed by atoms with Crippen molar-refractivity contribution in [3.8, 4) is 0 Å². The van der Waals surface area contributed by atoms with Gasteiger partial charge in [0, 0.05) is 51.0 Å². The molecule has 1 aromatic carbocycles. The predicted octanol–water partition coefficient (Wildman–Crippen LogP) is 2.92. The SMILES string of the molecule is CN1CCN(C2CCN(c3ccccc3C(F)(F)F)CC2)CC1. The quantitative estimate of drug-likeness (QED) is 0.827. The fourth-order valence-corrected chi connectivity index (χ4v) is 3.65. The lowest BCUT2D eigenvalue weighted by Crippen LogP contribution is -2.52. The summed E-state index contributed by atoms with van der Waals surface area (Å²) in [5.41, 5.74) is -0.185. The number of piperazine rings is 1. The van der Waals surface area contributed by atoms with Crippen LogP contribution in [-0.2, 0) is 6.18 Å². The second-order valence-electron chi connectivity index (χ2n) is 6.57. The summed E-state index contributed by atoms with van der Waals surface area (Å²) in [5.74, 6) is 0. The van der Waals surface area contributed by atoms with Gasteiger partial charge in [0.2, 0.25) is 0 Å². The molecule has 3 rings (SSSR count). The van der Waals surface area contributed by atoms with E-state index in [0.29, 0.717) is 24.8 Å². The molecule has 2 saturated heterocycles. The van der Waals surface area contributed by atoms with Crippen LogP contribution in [0.3, 0.4) is 0 Å². The minimum absolute atomic E-state index is 0.330. The zero-order valence-corrected chi connectivity index (χ0v) is 13.5. The van der Waals surface area contributed by atoms with Gasteiger partial charge in [-0.15, -0.1) is 0 Å². The number of anilines is 1. The number of likely N-dealkylation sites (N-methyl/N-ethyl adjacent to an activating group) is 1. The maximum atomic E-state index is 13.2. The van der Waals surface area contributed by atoms with Gasteiger partial charge in [0.05, 0.1) is 5.56 Å². The summed E-state index contributed by atoms with van der Waals surface area (Å²) in [6.07, 6.45) is -2.41.